The van der Waals surface area contributed by atoms with Crippen LogP contribution in [-0.2, 0) is 4.74 Å². The predicted octanol–water partition coefficient (Wildman–Crippen LogP) is 7.89. The molecule has 0 aliphatic rings. The van der Waals surface area contributed by atoms with E-state index in [1.807, 2.05) is 39.0 Å². The second kappa shape index (κ2) is 15.3. The highest BCUT2D eigenvalue weighted by Gasteiger charge is 2.21. The first-order valence-electron chi connectivity index (χ1n) is 10.9. The van der Waals surface area contributed by atoms with Crippen LogP contribution < -0.4 is 4.74 Å². The molecule has 3 aromatic rings. The maximum atomic E-state index is 11.7. The first-order chi connectivity index (χ1) is 17.1. The Morgan fingerprint density at radius 2 is 1.50 bits per heavy atom. The van der Waals surface area contributed by atoms with Crippen molar-refractivity contribution >= 4 is 29.2 Å². The molecule has 36 heavy (non-hydrogen) atoms. The first-order valence-corrected chi connectivity index (χ1v) is 11.6. The van der Waals surface area contributed by atoms with E-state index >= 15 is 0 Å². The Bertz CT molecular complexity index is 1110. The van der Waals surface area contributed by atoms with Crippen LogP contribution in [-0.4, -0.2) is 37.0 Å². The molecule has 5 nitrogen and oxygen atoms in total. The number of aromatic nitrogens is 1. The molecule has 0 saturated heterocycles. The molecule has 0 amide bonds. The van der Waals surface area contributed by atoms with E-state index in [1.165, 1.54) is 7.11 Å². The molecule has 196 valence electrons. The molecule has 1 unspecified atom stereocenters. The normalized spacial score (nSPS) is 11.9. The standard InChI is InChI=1S/C23H21Cl2NO4.C2H6.CHF3/c1-13(22(27)16-6-9-21(29-2)26-12-16)17-7-4-14(10-19(17)24)15-5-8-18(20(25)11-15)23(28)30-3;1-2;2-1(3)4/h4-13,22,27H,1-3H3;1-2H3;1H/t13-,22?;;/m0../s1. The number of carbonyl (C=O) groups excluding carboxylic acids is 1. The molecule has 10 heteroatoms. The number of aliphatic hydroxyl groups excluding tert-OH is 1. The van der Waals surface area contributed by atoms with Crippen molar-refractivity contribution in [3.05, 3.63) is 81.5 Å². The summed E-state index contributed by atoms with van der Waals surface area (Å²) in [6.07, 6.45) is 0.813. The molecule has 0 aliphatic carbocycles. The van der Waals surface area contributed by atoms with E-state index < -0.39 is 18.8 Å². The van der Waals surface area contributed by atoms with E-state index in [-0.39, 0.29) is 5.92 Å². The number of carbonyl (C=O) groups is 1. The summed E-state index contributed by atoms with van der Waals surface area (Å²) in [5.41, 5.74) is 3.44. The van der Waals surface area contributed by atoms with Gasteiger partial charge in [-0.1, -0.05) is 62.2 Å². The molecule has 1 aromatic heterocycles. The minimum absolute atomic E-state index is 0.257. The Labute approximate surface area is 218 Å². The summed E-state index contributed by atoms with van der Waals surface area (Å²) in [4.78, 5) is 15.9. The van der Waals surface area contributed by atoms with Crippen molar-refractivity contribution in [2.45, 2.75) is 39.5 Å². The lowest BCUT2D eigenvalue weighted by atomic mass is 9.90. The lowest BCUT2D eigenvalue weighted by molar-refractivity contribution is 0.00817. The van der Waals surface area contributed by atoms with Gasteiger partial charge in [0.25, 0.3) is 0 Å². The lowest BCUT2D eigenvalue weighted by Gasteiger charge is -2.21. The Morgan fingerprint density at radius 1 is 0.944 bits per heavy atom. The van der Waals surface area contributed by atoms with Gasteiger partial charge in [-0.05, 0) is 46.5 Å². The second-order valence-corrected chi connectivity index (χ2v) is 7.85. The van der Waals surface area contributed by atoms with Gasteiger partial charge >= 0.3 is 12.6 Å². The van der Waals surface area contributed by atoms with Gasteiger partial charge in [0.1, 0.15) is 0 Å². The zero-order valence-corrected chi connectivity index (χ0v) is 21.9. The Kier molecular flexibility index (Phi) is 13.3. The predicted molar refractivity (Wildman–Crippen MR) is 136 cm³/mol. The Morgan fingerprint density at radius 3 is 1.94 bits per heavy atom. The SMILES string of the molecule is CC.COC(=O)c1ccc(-c2ccc([C@H](C)C(O)c3ccc(OC)nc3)c(Cl)c2)cc1Cl.FC(F)F. The van der Waals surface area contributed by atoms with Crippen LogP contribution in [0.5, 0.6) is 5.88 Å². The van der Waals surface area contributed by atoms with E-state index in [4.69, 9.17) is 32.7 Å². The van der Waals surface area contributed by atoms with Crippen molar-refractivity contribution in [3.63, 3.8) is 0 Å². The third-order valence-corrected chi connectivity index (χ3v) is 5.62. The summed E-state index contributed by atoms with van der Waals surface area (Å²) in [5.74, 6) is -0.263. The number of ether oxygens (including phenoxy) is 2. The van der Waals surface area contributed by atoms with Crippen molar-refractivity contribution in [1.29, 1.82) is 0 Å². The van der Waals surface area contributed by atoms with Gasteiger partial charge in [0.15, 0.2) is 0 Å². The highest BCUT2D eigenvalue weighted by Crippen LogP contribution is 2.37. The summed E-state index contributed by atoms with van der Waals surface area (Å²) in [5, 5.41) is 11.6. The number of pyridine rings is 1. The number of alkyl halides is 3. The zero-order valence-electron chi connectivity index (χ0n) is 20.4. The van der Waals surface area contributed by atoms with Gasteiger partial charge in [-0.25, -0.2) is 9.78 Å². The van der Waals surface area contributed by atoms with Gasteiger partial charge in [0.05, 0.1) is 30.9 Å². The number of methoxy groups -OCH3 is 2. The van der Waals surface area contributed by atoms with Crippen molar-refractivity contribution in [1.82, 2.24) is 4.98 Å². The van der Waals surface area contributed by atoms with Crippen molar-refractivity contribution < 1.29 is 32.5 Å². The van der Waals surface area contributed by atoms with Gasteiger partial charge < -0.3 is 14.6 Å². The van der Waals surface area contributed by atoms with E-state index in [9.17, 15) is 23.1 Å². The topological polar surface area (TPSA) is 68.7 Å². The number of aliphatic hydroxyl groups is 1. The fraction of sp³-hybridized carbons (Fsp3) is 0.308. The van der Waals surface area contributed by atoms with Gasteiger partial charge in [-0.3, -0.25) is 0 Å². The van der Waals surface area contributed by atoms with E-state index in [0.29, 0.717) is 27.1 Å². The number of hydrogen-bond acceptors (Lipinski definition) is 5. The average molecular weight is 546 g/mol. The van der Waals surface area contributed by atoms with Crippen LogP contribution in [0.2, 0.25) is 10.0 Å². The maximum Gasteiger partial charge on any atom is 0.379 e. The average Bonchev–Trinajstić information content (AvgIpc) is 2.88. The maximum absolute atomic E-state index is 11.7. The van der Waals surface area contributed by atoms with Crippen LogP contribution in [0, 0.1) is 0 Å². The summed E-state index contributed by atoms with van der Waals surface area (Å²) in [6, 6.07) is 14.2. The fourth-order valence-electron chi connectivity index (χ4n) is 3.19. The fourth-order valence-corrected chi connectivity index (χ4v) is 3.80. The van der Waals surface area contributed by atoms with Crippen LogP contribution in [0.4, 0.5) is 13.2 Å². The third kappa shape index (κ3) is 8.69. The summed E-state index contributed by atoms with van der Waals surface area (Å²) in [6.45, 7) is 2.23. The molecule has 1 N–H and O–H groups in total. The number of esters is 1. The molecule has 3 rings (SSSR count). The van der Waals surface area contributed by atoms with Crippen LogP contribution >= 0.6 is 23.2 Å². The van der Waals surface area contributed by atoms with Crippen LogP contribution in [0.25, 0.3) is 11.1 Å². The minimum Gasteiger partial charge on any atom is -0.481 e. The van der Waals surface area contributed by atoms with Crippen LogP contribution in [0.15, 0.2) is 54.7 Å². The molecular formula is C26H28Cl2F3NO4. The number of rotatable bonds is 6. The number of nitrogens with zero attached hydrogens (tertiary/aromatic N) is 1. The molecule has 2 aromatic carbocycles. The zero-order chi connectivity index (χ0) is 27.4. The highest BCUT2D eigenvalue weighted by atomic mass is 35.5. The van der Waals surface area contributed by atoms with Crippen LogP contribution in [0.1, 0.15) is 54.3 Å². The Balaban J connectivity index is 0.000000982. The molecular weight excluding hydrogens is 518 g/mol. The molecule has 0 bridgehead atoms. The van der Waals surface area contributed by atoms with Crippen molar-refractivity contribution in [3.8, 4) is 17.0 Å². The monoisotopic (exact) mass is 545 g/mol. The first kappa shape index (κ1) is 31.2. The second-order valence-electron chi connectivity index (χ2n) is 7.04. The number of benzene rings is 2. The van der Waals surface area contributed by atoms with E-state index in [1.54, 1.807) is 43.6 Å². The van der Waals surface area contributed by atoms with Crippen molar-refractivity contribution in [2.75, 3.05) is 14.2 Å². The summed E-state index contributed by atoms with van der Waals surface area (Å²) < 4.78 is 38.8. The minimum atomic E-state index is -3.67. The molecule has 0 radical (unpaired) electrons. The quantitative estimate of drug-likeness (QED) is 0.319. The number of halogens is 5. The van der Waals surface area contributed by atoms with Crippen molar-refractivity contribution in [2.24, 2.45) is 0 Å². The summed E-state index contributed by atoms with van der Waals surface area (Å²) >= 11 is 12.8. The van der Waals surface area contributed by atoms with Gasteiger partial charge in [0.2, 0.25) is 5.88 Å². The molecule has 0 saturated carbocycles. The molecule has 0 spiro atoms. The smallest absolute Gasteiger partial charge is 0.379 e. The summed E-state index contributed by atoms with van der Waals surface area (Å²) in [7, 11) is 2.85. The number of hydrogen-bond donors (Lipinski definition) is 1. The molecule has 0 aliphatic heterocycles. The van der Waals surface area contributed by atoms with Gasteiger partial charge in [-0.15, -0.1) is 0 Å². The highest BCUT2D eigenvalue weighted by molar-refractivity contribution is 6.34. The van der Waals surface area contributed by atoms with Crippen LogP contribution in [0.3, 0.4) is 0 Å². The lowest BCUT2D eigenvalue weighted by Crippen LogP contribution is -2.09. The van der Waals surface area contributed by atoms with E-state index in [2.05, 4.69) is 4.98 Å². The molecule has 0 fully saturated rings. The van der Waals surface area contributed by atoms with Gasteiger partial charge in [-0.2, -0.15) is 13.2 Å². The Hall–Kier alpha value is -2.81. The van der Waals surface area contributed by atoms with Gasteiger partial charge in [0, 0.05) is 23.2 Å². The molecule has 2 atom stereocenters. The van der Waals surface area contributed by atoms with E-state index in [0.717, 1.165) is 16.7 Å². The molecule has 1 heterocycles. The largest absolute Gasteiger partial charge is 0.481 e. The third-order valence-electron chi connectivity index (χ3n) is 4.98.